The van der Waals surface area contributed by atoms with E-state index in [1.807, 2.05) is 0 Å². The molecule has 0 amide bonds. The van der Waals surface area contributed by atoms with E-state index in [0.717, 1.165) is 38.4 Å². The van der Waals surface area contributed by atoms with Gasteiger partial charge in [0, 0.05) is 43.4 Å². The molecule has 1 saturated heterocycles. The monoisotopic (exact) mass is 450 g/mol. The first-order valence-corrected chi connectivity index (χ1v) is 12.5. The van der Waals surface area contributed by atoms with Gasteiger partial charge in [-0.05, 0) is 30.0 Å². The maximum atomic E-state index is 5.34. The molecule has 1 fully saturated rings. The molecule has 4 heteroatoms. The maximum absolute atomic E-state index is 5.34. The van der Waals surface area contributed by atoms with E-state index in [4.69, 9.17) is 4.98 Å². The van der Waals surface area contributed by atoms with Gasteiger partial charge in [-0.25, -0.2) is 4.98 Å². The van der Waals surface area contributed by atoms with E-state index in [9.17, 15) is 0 Å². The lowest BCUT2D eigenvalue weighted by Crippen LogP contribution is -2.47. The van der Waals surface area contributed by atoms with Crippen molar-refractivity contribution in [2.75, 3.05) is 26.2 Å². The molecule has 174 valence electrons. The molecule has 1 aliphatic rings. The summed E-state index contributed by atoms with van der Waals surface area (Å²) in [6, 6.07) is 30.6. The highest BCUT2D eigenvalue weighted by Gasteiger charge is 2.35. The Morgan fingerprint density at radius 3 is 2.00 bits per heavy atom. The molecular formula is C30H34N4. The number of piperazine rings is 1. The number of benzene rings is 3. The van der Waals surface area contributed by atoms with E-state index in [1.54, 1.807) is 0 Å². The number of aryl methyl sites for hydroxylation is 2. The second-order valence-corrected chi connectivity index (χ2v) is 9.15. The predicted molar refractivity (Wildman–Crippen MR) is 140 cm³/mol. The summed E-state index contributed by atoms with van der Waals surface area (Å²) in [6.45, 7) is 8.42. The molecule has 5 rings (SSSR count). The van der Waals surface area contributed by atoms with Gasteiger partial charge < -0.3 is 10.3 Å². The first kappa shape index (κ1) is 22.6. The number of aromatic amines is 1. The molecule has 3 aromatic carbocycles. The fourth-order valence-electron chi connectivity index (χ4n) is 5.28. The number of nitrogens with zero attached hydrogens (tertiary/aromatic N) is 2. The van der Waals surface area contributed by atoms with Crippen LogP contribution in [0.15, 0.2) is 84.9 Å². The van der Waals surface area contributed by atoms with Crippen LogP contribution in [0.1, 0.15) is 47.0 Å². The molecule has 0 aliphatic carbocycles. The minimum absolute atomic E-state index is 0.149. The van der Waals surface area contributed by atoms with Crippen molar-refractivity contribution >= 4 is 0 Å². The molecule has 0 saturated carbocycles. The molecule has 34 heavy (non-hydrogen) atoms. The molecule has 0 spiro atoms. The lowest BCUT2D eigenvalue weighted by atomic mass is 9.81. The summed E-state index contributed by atoms with van der Waals surface area (Å²) in [4.78, 5) is 11.7. The minimum Gasteiger partial charge on any atom is -0.342 e. The second-order valence-electron chi connectivity index (χ2n) is 9.15. The highest BCUT2D eigenvalue weighted by molar-refractivity contribution is 5.61. The molecule has 1 aromatic heterocycles. The van der Waals surface area contributed by atoms with Crippen LogP contribution in [-0.4, -0.2) is 41.0 Å². The summed E-state index contributed by atoms with van der Waals surface area (Å²) in [5.74, 6) is 1.17. The van der Waals surface area contributed by atoms with Crippen LogP contribution < -0.4 is 5.32 Å². The van der Waals surface area contributed by atoms with Crippen molar-refractivity contribution in [3.05, 3.63) is 113 Å². The van der Waals surface area contributed by atoms with E-state index in [2.05, 4.69) is 114 Å². The molecular weight excluding hydrogens is 416 g/mol. The smallest absolute Gasteiger partial charge is 0.138 e. The molecule has 2 N–H and O–H groups in total. The van der Waals surface area contributed by atoms with Crippen LogP contribution in [0.5, 0.6) is 0 Å². The SMILES string of the molecule is CCc1[nH]c(-c2ccccc2C)nc1C(C(c1ccccc1)c1ccccc1)N1CCNCC1. The van der Waals surface area contributed by atoms with Crippen molar-refractivity contribution in [2.45, 2.75) is 32.2 Å². The number of hydrogen-bond acceptors (Lipinski definition) is 3. The van der Waals surface area contributed by atoms with Crippen molar-refractivity contribution < 1.29 is 0 Å². The zero-order valence-electron chi connectivity index (χ0n) is 20.2. The molecule has 2 heterocycles. The molecule has 0 radical (unpaired) electrons. The van der Waals surface area contributed by atoms with Gasteiger partial charge in [-0.3, -0.25) is 4.90 Å². The minimum atomic E-state index is 0.149. The Morgan fingerprint density at radius 2 is 1.41 bits per heavy atom. The number of rotatable bonds is 7. The summed E-state index contributed by atoms with van der Waals surface area (Å²) in [6.07, 6.45) is 0.924. The highest BCUT2D eigenvalue weighted by Crippen LogP contribution is 2.42. The predicted octanol–water partition coefficient (Wildman–Crippen LogP) is 5.73. The quantitative estimate of drug-likeness (QED) is 0.378. The van der Waals surface area contributed by atoms with Crippen LogP contribution in [0.4, 0.5) is 0 Å². The first-order chi connectivity index (χ1) is 16.8. The van der Waals surface area contributed by atoms with Crippen molar-refractivity contribution in [3.63, 3.8) is 0 Å². The van der Waals surface area contributed by atoms with Crippen LogP contribution in [0, 0.1) is 6.92 Å². The Hall–Kier alpha value is -3.21. The van der Waals surface area contributed by atoms with E-state index < -0.39 is 0 Å². The number of H-pyrrole nitrogens is 1. The Balaban J connectivity index is 1.69. The number of hydrogen-bond donors (Lipinski definition) is 2. The fourth-order valence-corrected chi connectivity index (χ4v) is 5.28. The normalized spacial score (nSPS) is 15.5. The first-order valence-electron chi connectivity index (χ1n) is 12.5. The molecule has 4 nitrogen and oxygen atoms in total. The van der Waals surface area contributed by atoms with Crippen molar-refractivity contribution in [1.29, 1.82) is 0 Å². The standard InChI is InChI=1S/C30H34N4/c1-3-26-28(33-30(32-26)25-17-11-10-12-22(25)2)29(34-20-18-31-19-21-34)27(23-13-6-4-7-14-23)24-15-8-5-9-16-24/h4-17,27,29,31H,3,18-21H2,1-2H3,(H,32,33). The average molecular weight is 451 g/mol. The van der Waals surface area contributed by atoms with E-state index >= 15 is 0 Å². The van der Waals surface area contributed by atoms with Gasteiger partial charge >= 0.3 is 0 Å². The largest absolute Gasteiger partial charge is 0.342 e. The van der Waals surface area contributed by atoms with Gasteiger partial charge in [0.25, 0.3) is 0 Å². The van der Waals surface area contributed by atoms with Gasteiger partial charge in [0.05, 0.1) is 11.7 Å². The molecule has 4 aromatic rings. The fraction of sp³-hybridized carbons (Fsp3) is 0.300. The third kappa shape index (κ3) is 4.56. The third-order valence-corrected chi connectivity index (χ3v) is 7.02. The lowest BCUT2D eigenvalue weighted by molar-refractivity contribution is 0.156. The van der Waals surface area contributed by atoms with Crippen LogP contribution in [0.2, 0.25) is 0 Å². The maximum Gasteiger partial charge on any atom is 0.138 e. The second kappa shape index (κ2) is 10.4. The van der Waals surface area contributed by atoms with Crippen LogP contribution in [0.3, 0.4) is 0 Å². The Bertz CT molecular complexity index is 1150. The number of imidazole rings is 1. The Morgan fingerprint density at radius 1 is 0.824 bits per heavy atom. The lowest BCUT2D eigenvalue weighted by Gasteiger charge is -2.39. The third-order valence-electron chi connectivity index (χ3n) is 7.02. The Labute approximate surface area is 203 Å². The van der Waals surface area contributed by atoms with Gasteiger partial charge in [0.15, 0.2) is 0 Å². The number of nitrogens with one attached hydrogen (secondary N) is 2. The number of aromatic nitrogens is 2. The van der Waals surface area contributed by atoms with Crippen LogP contribution in [-0.2, 0) is 6.42 Å². The Kier molecular flexibility index (Phi) is 6.89. The van der Waals surface area contributed by atoms with Gasteiger partial charge in [0.2, 0.25) is 0 Å². The van der Waals surface area contributed by atoms with Gasteiger partial charge in [-0.2, -0.15) is 0 Å². The van der Waals surface area contributed by atoms with Crippen molar-refractivity contribution in [2.24, 2.45) is 0 Å². The zero-order chi connectivity index (χ0) is 23.3. The molecule has 1 aliphatic heterocycles. The van der Waals surface area contributed by atoms with Gasteiger partial charge in [-0.1, -0.05) is 91.9 Å². The van der Waals surface area contributed by atoms with E-state index in [1.165, 1.54) is 33.6 Å². The van der Waals surface area contributed by atoms with Gasteiger partial charge in [0.1, 0.15) is 5.82 Å². The topological polar surface area (TPSA) is 44.0 Å². The summed E-state index contributed by atoms with van der Waals surface area (Å²) in [7, 11) is 0. The van der Waals surface area contributed by atoms with E-state index in [-0.39, 0.29) is 12.0 Å². The summed E-state index contributed by atoms with van der Waals surface area (Å²) >= 11 is 0. The molecule has 0 bridgehead atoms. The van der Waals surface area contributed by atoms with Crippen molar-refractivity contribution in [1.82, 2.24) is 20.2 Å². The van der Waals surface area contributed by atoms with Gasteiger partial charge in [-0.15, -0.1) is 0 Å². The molecule has 1 unspecified atom stereocenters. The summed E-state index contributed by atoms with van der Waals surface area (Å²) in [5.41, 5.74) is 7.50. The summed E-state index contributed by atoms with van der Waals surface area (Å²) < 4.78 is 0. The van der Waals surface area contributed by atoms with E-state index in [0.29, 0.717) is 0 Å². The molecule has 1 atom stereocenters. The average Bonchev–Trinajstić information content (AvgIpc) is 3.32. The highest BCUT2D eigenvalue weighted by atomic mass is 15.2. The zero-order valence-corrected chi connectivity index (χ0v) is 20.2. The summed E-state index contributed by atoms with van der Waals surface area (Å²) in [5, 5.41) is 3.54. The van der Waals surface area contributed by atoms with Crippen molar-refractivity contribution in [3.8, 4) is 11.4 Å². The van der Waals surface area contributed by atoms with Crippen LogP contribution in [0.25, 0.3) is 11.4 Å². The van der Waals surface area contributed by atoms with Crippen LogP contribution >= 0.6 is 0 Å².